The van der Waals surface area contributed by atoms with Gasteiger partial charge in [0.2, 0.25) is 0 Å². The Hall–Kier alpha value is -0.120. The third-order valence-electron chi connectivity index (χ3n) is 2.07. The molecular formula is C11H7Cl4NS. The van der Waals surface area contributed by atoms with Crippen LogP contribution in [-0.4, -0.2) is 0 Å². The van der Waals surface area contributed by atoms with Gasteiger partial charge in [0.15, 0.2) is 0 Å². The Kier molecular flexibility index (Phi) is 4.45. The molecule has 17 heavy (non-hydrogen) atoms. The van der Waals surface area contributed by atoms with Crippen LogP contribution in [0.25, 0.3) is 0 Å². The second-order valence-corrected chi connectivity index (χ2v) is 6.01. The van der Waals surface area contributed by atoms with E-state index in [1.54, 1.807) is 23.5 Å². The van der Waals surface area contributed by atoms with Gasteiger partial charge in [0.05, 0.1) is 20.8 Å². The van der Waals surface area contributed by atoms with Crippen molar-refractivity contribution in [2.75, 3.05) is 5.32 Å². The van der Waals surface area contributed by atoms with Gasteiger partial charge in [0.1, 0.15) is 0 Å². The minimum atomic E-state index is 0.505. The highest BCUT2D eigenvalue weighted by Crippen LogP contribution is 2.34. The highest BCUT2D eigenvalue weighted by molar-refractivity contribution is 7.10. The summed E-state index contributed by atoms with van der Waals surface area (Å²) in [6.45, 7) is 0.623. The normalized spacial score (nSPS) is 10.6. The molecule has 0 aliphatic heterocycles. The lowest BCUT2D eigenvalue weighted by Crippen LogP contribution is -1.98. The topological polar surface area (TPSA) is 12.0 Å². The van der Waals surface area contributed by atoms with E-state index in [1.165, 1.54) is 0 Å². The zero-order valence-electron chi connectivity index (χ0n) is 8.44. The lowest BCUT2D eigenvalue weighted by Gasteiger charge is -2.09. The SMILES string of the molecule is Clc1csc(CNc2c(Cl)cc(Cl)cc2Cl)c1. The minimum Gasteiger partial charge on any atom is -0.378 e. The molecule has 0 bridgehead atoms. The molecule has 0 atom stereocenters. The zero-order chi connectivity index (χ0) is 12.4. The highest BCUT2D eigenvalue weighted by atomic mass is 35.5. The van der Waals surface area contributed by atoms with Gasteiger partial charge in [-0.3, -0.25) is 0 Å². The fourth-order valence-electron chi connectivity index (χ4n) is 1.33. The van der Waals surface area contributed by atoms with E-state index in [0.29, 0.717) is 27.3 Å². The molecule has 6 heteroatoms. The molecule has 1 aromatic heterocycles. The average Bonchev–Trinajstić information content (AvgIpc) is 2.62. The second kappa shape index (κ2) is 5.68. The minimum absolute atomic E-state index is 0.505. The third-order valence-corrected chi connectivity index (χ3v) is 4.17. The van der Waals surface area contributed by atoms with Crippen molar-refractivity contribution in [3.8, 4) is 0 Å². The predicted molar refractivity (Wildman–Crippen MR) is 78.1 cm³/mol. The monoisotopic (exact) mass is 325 g/mol. The average molecular weight is 327 g/mol. The summed E-state index contributed by atoms with van der Waals surface area (Å²) in [5.74, 6) is 0. The number of halogens is 4. The van der Waals surface area contributed by atoms with Crippen LogP contribution in [0.4, 0.5) is 5.69 Å². The van der Waals surface area contributed by atoms with Crippen molar-refractivity contribution in [3.63, 3.8) is 0 Å². The van der Waals surface area contributed by atoms with Crippen LogP contribution in [0.2, 0.25) is 20.1 Å². The number of nitrogens with one attached hydrogen (secondary N) is 1. The molecule has 1 N–H and O–H groups in total. The highest BCUT2D eigenvalue weighted by Gasteiger charge is 2.08. The van der Waals surface area contributed by atoms with Crippen LogP contribution in [0.3, 0.4) is 0 Å². The van der Waals surface area contributed by atoms with Crippen LogP contribution in [-0.2, 0) is 6.54 Å². The van der Waals surface area contributed by atoms with Crippen LogP contribution in [0.15, 0.2) is 23.6 Å². The Morgan fingerprint density at radius 2 is 1.59 bits per heavy atom. The van der Waals surface area contributed by atoms with Crippen molar-refractivity contribution >= 4 is 63.4 Å². The van der Waals surface area contributed by atoms with Gasteiger partial charge in [-0.2, -0.15) is 0 Å². The van der Waals surface area contributed by atoms with Gasteiger partial charge in [-0.25, -0.2) is 0 Å². The van der Waals surface area contributed by atoms with Gasteiger partial charge in [-0.1, -0.05) is 46.4 Å². The number of hydrogen-bond acceptors (Lipinski definition) is 2. The summed E-state index contributed by atoms with van der Waals surface area (Å²) in [5, 5.41) is 7.31. The Morgan fingerprint density at radius 3 is 2.12 bits per heavy atom. The van der Waals surface area contributed by atoms with E-state index in [-0.39, 0.29) is 0 Å². The number of thiophene rings is 1. The molecule has 0 unspecified atom stereocenters. The standard InChI is InChI=1S/C11H7Cl4NS/c12-6-2-9(14)11(10(15)3-6)16-4-8-1-7(13)5-17-8/h1-3,5,16H,4H2. The summed E-state index contributed by atoms with van der Waals surface area (Å²) >= 11 is 25.4. The first-order chi connectivity index (χ1) is 8.06. The van der Waals surface area contributed by atoms with E-state index in [4.69, 9.17) is 46.4 Å². The summed E-state index contributed by atoms with van der Waals surface area (Å²) in [4.78, 5) is 1.11. The third kappa shape index (κ3) is 3.43. The molecule has 1 heterocycles. The molecule has 0 saturated carbocycles. The van der Waals surface area contributed by atoms with Crippen molar-refractivity contribution in [3.05, 3.63) is 48.5 Å². The predicted octanol–water partition coefficient (Wildman–Crippen LogP) is 5.97. The van der Waals surface area contributed by atoms with E-state index < -0.39 is 0 Å². The van der Waals surface area contributed by atoms with Crippen LogP contribution >= 0.6 is 57.7 Å². The van der Waals surface area contributed by atoms with Gasteiger partial charge in [0, 0.05) is 21.8 Å². The number of rotatable bonds is 3. The fourth-order valence-corrected chi connectivity index (χ4v) is 3.30. The first-order valence-corrected chi connectivity index (χ1v) is 7.07. The van der Waals surface area contributed by atoms with E-state index in [0.717, 1.165) is 9.90 Å². The van der Waals surface area contributed by atoms with Crippen LogP contribution in [0, 0.1) is 0 Å². The number of anilines is 1. The molecule has 0 spiro atoms. The van der Waals surface area contributed by atoms with E-state index in [2.05, 4.69) is 5.32 Å². The Balaban J connectivity index is 2.14. The van der Waals surface area contributed by atoms with E-state index >= 15 is 0 Å². The first kappa shape index (κ1) is 13.3. The van der Waals surface area contributed by atoms with Crippen molar-refractivity contribution in [1.82, 2.24) is 0 Å². The molecule has 90 valence electrons. The van der Waals surface area contributed by atoms with Crippen molar-refractivity contribution < 1.29 is 0 Å². The number of hydrogen-bond donors (Lipinski definition) is 1. The van der Waals surface area contributed by atoms with Crippen molar-refractivity contribution in [2.45, 2.75) is 6.54 Å². The maximum Gasteiger partial charge on any atom is 0.0722 e. The van der Waals surface area contributed by atoms with Gasteiger partial charge < -0.3 is 5.32 Å². The molecule has 0 saturated heterocycles. The molecule has 1 aromatic carbocycles. The molecule has 0 radical (unpaired) electrons. The summed E-state index contributed by atoms with van der Waals surface area (Å²) < 4.78 is 0. The van der Waals surface area contributed by atoms with E-state index in [9.17, 15) is 0 Å². The van der Waals surface area contributed by atoms with Gasteiger partial charge >= 0.3 is 0 Å². The summed E-state index contributed by atoms with van der Waals surface area (Å²) in [7, 11) is 0. The molecule has 0 aliphatic rings. The lowest BCUT2D eigenvalue weighted by molar-refractivity contribution is 1.19. The second-order valence-electron chi connectivity index (χ2n) is 3.33. The molecular weight excluding hydrogens is 320 g/mol. The lowest BCUT2D eigenvalue weighted by atomic mass is 10.3. The Labute approximate surface area is 123 Å². The molecule has 0 aliphatic carbocycles. The summed E-state index contributed by atoms with van der Waals surface area (Å²) in [6.07, 6.45) is 0. The maximum atomic E-state index is 6.05. The smallest absolute Gasteiger partial charge is 0.0722 e. The first-order valence-electron chi connectivity index (χ1n) is 4.67. The Morgan fingerprint density at radius 1 is 0.941 bits per heavy atom. The zero-order valence-corrected chi connectivity index (χ0v) is 12.3. The fraction of sp³-hybridized carbons (Fsp3) is 0.0909. The molecule has 0 amide bonds. The van der Waals surface area contributed by atoms with Crippen LogP contribution in [0.5, 0.6) is 0 Å². The Bertz CT molecular complexity index is 515. The van der Waals surface area contributed by atoms with Gasteiger partial charge in [-0.05, 0) is 18.2 Å². The van der Waals surface area contributed by atoms with Crippen molar-refractivity contribution in [2.24, 2.45) is 0 Å². The van der Waals surface area contributed by atoms with Crippen molar-refractivity contribution in [1.29, 1.82) is 0 Å². The van der Waals surface area contributed by atoms with E-state index in [1.807, 2.05) is 11.4 Å². The molecule has 2 aromatic rings. The summed E-state index contributed by atoms with van der Waals surface area (Å²) in [6, 6.07) is 5.20. The quantitative estimate of drug-likeness (QED) is 0.732. The van der Waals surface area contributed by atoms with Crippen LogP contribution < -0.4 is 5.32 Å². The number of benzene rings is 1. The molecule has 0 fully saturated rings. The molecule has 1 nitrogen and oxygen atoms in total. The maximum absolute atomic E-state index is 6.05. The molecule has 2 rings (SSSR count). The summed E-state index contributed by atoms with van der Waals surface area (Å²) in [5.41, 5.74) is 0.683. The van der Waals surface area contributed by atoms with Gasteiger partial charge in [-0.15, -0.1) is 11.3 Å². The largest absolute Gasteiger partial charge is 0.378 e. The van der Waals surface area contributed by atoms with Crippen LogP contribution in [0.1, 0.15) is 4.88 Å². The van der Waals surface area contributed by atoms with Gasteiger partial charge in [0.25, 0.3) is 0 Å².